The highest BCUT2D eigenvalue weighted by Gasteiger charge is 2.25. The lowest BCUT2D eigenvalue weighted by Crippen LogP contribution is -2.22. The van der Waals surface area contributed by atoms with Crippen molar-refractivity contribution < 1.29 is 19.7 Å². The van der Waals surface area contributed by atoms with Gasteiger partial charge in [-0.2, -0.15) is 0 Å². The van der Waals surface area contributed by atoms with E-state index in [0.29, 0.717) is 11.5 Å². The van der Waals surface area contributed by atoms with E-state index in [9.17, 15) is 10.2 Å². The maximum Gasteiger partial charge on any atom is 0.127 e. The molecule has 0 saturated heterocycles. The van der Waals surface area contributed by atoms with E-state index in [1.165, 1.54) is 0 Å². The smallest absolute Gasteiger partial charge is 0.127 e. The zero-order valence-corrected chi connectivity index (χ0v) is 16.6. The molecule has 0 bridgehead atoms. The van der Waals surface area contributed by atoms with Gasteiger partial charge in [0.15, 0.2) is 0 Å². The first kappa shape index (κ1) is 19.9. The van der Waals surface area contributed by atoms with Gasteiger partial charge in [0.1, 0.15) is 22.8 Å². The Balaban J connectivity index is 1.75. The van der Waals surface area contributed by atoms with Gasteiger partial charge in [-0.3, -0.25) is 0 Å². The van der Waals surface area contributed by atoms with Crippen LogP contribution in [0.1, 0.15) is 37.5 Å². The maximum absolute atomic E-state index is 11.0. The molecule has 0 spiro atoms. The predicted molar refractivity (Wildman–Crippen MR) is 110 cm³/mol. The molecule has 28 heavy (non-hydrogen) atoms. The average Bonchev–Trinajstić information content (AvgIpc) is 2.68. The minimum absolute atomic E-state index is 0.672. The number of hydrogen-bond acceptors (Lipinski definition) is 4. The Kier molecular flexibility index (Phi) is 5.45. The van der Waals surface area contributed by atoms with Crippen molar-refractivity contribution >= 4 is 0 Å². The molecule has 4 heteroatoms. The number of benzene rings is 3. The topological polar surface area (TPSA) is 58.9 Å². The molecule has 2 N–H and O–H groups in total. The van der Waals surface area contributed by atoms with Crippen LogP contribution in [0.5, 0.6) is 17.2 Å². The monoisotopic (exact) mass is 378 g/mol. The normalized spacial score (nSPS) is 13.6. The second kappa shape index (κ2) is 7.66. The first-order valence-electron chi connectivity index (χ1n) is 9.18. The maximum atomic E-state index is 11.0. The summed E-state index contributed by atoms with van der Waals surface area (Å²) in [5.41, 5.74) is 0.365. The van der Waals surface area contributed by atoms with E-state index in [-0.39, 0.29) is 0 Å². The summed E-state index contributed by atoms with van der Waals surface area (Å²) in [6.45, 7) is 5.26. The molecule has 1 unspecified atom stereocenters. The van der Waals surface area contributed by atoms with Gasteiger partial charge in [0, 0.05) is 0 Å². The van der Waals surface area contributed by atoms with Crippen molar-refractivity contribution in [2.75, 3.05) is 7.11 Å². The number of rotatable bonds is 6. The van der Waals surface area contributed by atoms with Crippen molar-refractivity contribution in [2.45, 2.75) is 32.0 Å². The van der Waals surface area contributed by atoms with Gasteiger partial charge in [0.05, 0.1) is 12.7 Å². The highest BCUT2D eigenvalue weighted by atomic mass is 16.5. The lowest BCUT2D eigenvalue weighted by molar-refractivity contribution is 0.0785. The highest BCUT2D eigenvalue weighted by molar-refractivity contribution is 5.41. The Bertz CT molecular complexity index is 903. The molecule has 1 atom stereocenters. The lowest BCUT2D eigenvalue weighted by atomic mass is 9.88. The van der Waals surface area contributed by atoms with Gasteiger partial charge >= 0.3 is 0 Å². The minimum Gasteiger partial charge on any atom is -0.497 e. The number of aliphatic hydroxyl groups is 2. The first-order chi connectivity index (χ1) is 13.2. The van der Waals surface area contributed by atoms with Crippen molar-refractivity contribution in [1.82, 2.24) is 0 Å². The molecule has 146 valence electrons. The molecule has 0 aliphatic heterocycles. The average molecular weight is 378 g/mol. The van der Waals surface area contributed by atoms with Crippen LogP contribution >= 0.6 is 0 Å². The molecule has 0 aliphatic rings. The molecule has 4 nitrogen and oxygen atoms in total. The Hall–Kier alpha value is -2.82. The third-order valence-electron chi connectivity index (χ3n) is 4.87. The number of hydrogen-bond donors (Lipinski definition) is 2. The molecular weight excluding hydrogens is 352 g/mol. The van der Waals surface area contributed by atoms with Gasteiger partial charge < -0.3 is 19.7 Å². The third-order valence-corrected chi connectivity index (χ3v) is 4.87. The summed E-state index contributed by atoms with van der Waals surface area (Å²) in [6.07, 6.45) is 0. The summed E-state index contributed by atoms with van der Waals surface area (Å²) < 4.78 is 11.0. The summed E-state index contributed by atoms with van der Waals surface area (Å²) >= 11 is 0. The van der Waals surface area contributed by atoms with Crippen LogP contribution in [0.2, 0.25) is 0 Å². The SMILES string of the molecule is COc1ccc(C(C)(O)c2ccc(Oc3ccc(C(C)(C)O)cc3)cc2)cc1. The summed E-state index contributed by atoms with van der Waals surface area (Å²) in [5.74, 6) is 2.10. The van der Waals surface area contributed by atoms with E-state index in [1.54, 1.807) is 27.9 Å². The van der Waals surface area contributed by atoms with Crippen molar-refractivity contribution in [1.29, 1.82) is 0 Å². The van der Waals surface area contributed by atoms with Gasteiger partial charge in [-0.05, 0) is 73.9 Å². The molecule has 0 heterocycles. The third kappa shape index (κ3) is 4.35. The predicted octanol–water partition coefficient (Wildman–Crippen LogP) is 4.97. The lowest BCUT2D eigenvalue weighted by Gasteiger charge is -2.25. The molecule has 0 fully saturated rings. The zero-order chi connectivity index (χ0) is 20.4. The van der Waals surface area contributed by atoms with Crippen LogP contribution in [-0.4, -0.2) is 17.3 Å². The van der Waals surface area contributed by atoms with Crippen LogP contribution in [0, 0.1) is 0 Å². The zero-order valence-electron chi connectivity index (χ0n) is 16.6. The summed E-state index contributed by atoms with van der Waals surface area (Å²) in [4.78, 5) is 0. The van der Waals surface area contributed by atoms with Crippen molar-refractivity contribution in [3.05, 3.63) is 89.5 Å². The Morgan fingerprint density at radius 3 is 1.29 bits per heavy atom. The van der Waals surface area contributed by atoms with E-state index < -0.39 is 11.2 Å². The Morgan fingerprint density at radius 2 is 0.929 bits per heavy atom. The van der Waals surface area contributed by atoms with Gasteiger partial charge in [-0.15, -0.1) is 0 Å². The second-order valence-electron chi connectivity index (χ2n) is 7.51. The van der Waals surface area contributed by atoms with Crippen LogP contribution in [0.3, 0.4) is 0 Å². The van der Waals surface area contributed by atoms with Crippen molar-refractivity contribution in [3.63, 3.8) is 0 Å². The largest absolute Gasteiger partial charge is 0.497 e. The molecule has 0 amide bonds. The summed E-state index contributed by atoms with van der Waals surface area (Å²) in [7, 11) is 1.62. The molecule has 0 aliphatic carbocycles. The number of methoxy groups -OCH3 is 1. The van der Waals surface area contributed by atoms with E-state index in [2.05, 4.69) is 0 Å². The summed E-state index contributed by atoms with van der Waals surface area (Å²) in [5, 5.41) is 21.0. The minimum atomic E-state index is -1.13. The molecule has 3 rings (SSSR count). The summed E-state index contributed by atoms with van der Waals surface area (Å²) in [6, 6.07) is 22.1. The van der Waals surface area contributed by atoms with Gasteiger partial charge in [0.25, 0.3) is 0 Å². The van der Waals surface area contributed by atoms with E-state index >= 15 is 0 Å². The molecule has 3 aromatic rings. The standard InChI is InChI=1S/C24H26O4/c1-23(2,25)17-5-13-21(14-6-17)28-22-15-9-19(10-16-22)24(3,26)18-7-11-20(27-4)12-8-18/h5-16,25-26H,1-4H3. The van der Waals surface area contributed by atoms with Gasteiger partial charge in [-0.1, -0.05) is 36.4 Å². The number of ether oxygens (including phenoxy) is 2. The fourth-order valence-corrected chi connectivity index (χ4v) is 3.00. The van der Waals surface area contributed by atoms with Gasteiger partial charge in [-0.25, -0.2) is 0 Å². The molecule has 0 aromatic heterocycles. The quantitative estimate of drug-likeness (QED) is 0.636. The van der Waals surface area contributed by atoms with E-state index in [0.717, 1.165) is 22.4 Å². The second-order valence-corrected chi connectivity index (χ2v) is 7.51. The molecule has 3 aromatic carbocycles. The molecule has 0 saturated carbocycles. The van der Waals surface area contributed by atoms with E-state index in [4.69, 9.17) is 9.47 Å². The fourth-order valence-electron chi connectivity index (χ4n) is 3.00. The first-order valence-corrected chi connectivity index (χ1v) is 9.18. The molecular formula is C24H26O4. The van der Waals surface area contributed by atoms with Gasteiger partial charge in [0.2, 0.25) is 0 Å². The van der Waals surface area contributed by atoms with Crippen LogP contribution in [-0.2, 0) is 11.2 Å². The highest BCUT2D eigenvalue weighted by Crippen LogP contribution is 2.32. The van der Waals surface area contributed by atoms with Crippen LogP contribution < -0.4 is 9.47 Å². The van der Waals surface area contributed by atoms with Crippen LogP contribution in [0.15, 0.2) is 72.8 Å². The van der Waals surface area contributed by atoms with E-state index in [1.807, 2.05) is 72.8 Å². The Labute approximate surface area is 166 Å². The van der Waals surface area contributed by atoms with Crippen LogP contribution in [0.25, 0.3) is 0 Å². The molecule has 0 radical (unpaired) electrons. The van der Waals surface area contributed by atoms with Crippen molar-refractivity contribution in [3.8, 4) is 17.2 Å². The Morgan fingerprint density at radius 1 is 0.571 bits per heavy atom. The van der Waals surface area contributed by atoms with Crippen molar-refractivity contribution in [2.24, 2.45) is 0 Å². The van der Waals surface area contributed by atoms with Crippen LogP contribution in [0.4, 0.5) is 0 Å². The fraction of sp³-hybridized carbons (Fsp3) is 0.250.